The van der Waals surface area contributed by atoms with Crippen LogP contribution in [0.1, 0.15) is 17.3 Å². The lowest BCUT2D eigenvalue weighted by atomic mass is 10.2. The maximum Gasteiger partial charge on any atom is 0.253 e. The number of halogens is 2. The number of benzene rings is 1. The normalized spacial score (nSPS) is 11.6. The molecule has 0 aliphatic heterocycles. The topological polar surface area (TPSA) is 52.9 Å². The Kier molecular flexibility index (Phi) is 4.13. The molecule has 0 saturated carbocycles. The predicted octanol–water partition coefficient (Wildman–Crippen LogP) is 2.74. The minimum absolute atomic E-state index is 0.347. The Morgan fingerprint density at radius 3 is 2.93 bits per heavy atom. The van der Waals surface area contributed by atoms with E-state index < -0.39 is 6.04 Å². The average molecular weight is 288 g/mol. The van der Waals surface area contributed by atoms with Crippen molar-refractivity contribution in [3.63, 3.8) is 0 Å². The van der Waals surface area contributed by atoms with Crippen LogP contribution in [0.15, 0.2) is 22.7 Å². The summed E-state index contributed by atoms with van der Waals surface area (Å²) in [7, 11) is 0. The molecule has 1 N–H and O–H groups in total. The number of nitriles is 1. The molecule has 15 heavy (non-hydrogen) atoms. The summed E-state index contributed by atoms with van der Waals surface area (Å²) in [6, 6.07) is 6.44. The van der Waals surface area contributed by atoms with Gasteiger partial charge in [-0.1, -0.05) is 17.7 Å². The van der Waals surface area contributed by atoms with Gasteiger partial charge in [-0.3, -0.25) is 4.79 Å². The molecule has 0 aliphatic carbocycles. The molecule has 0 spiro atoms. The van der Waals surface area contributed by atoms with E-state index in [2.05, 4.69) is 21.2 Å². The van der Waals surface area contributed by atoms with Crippen molar-refractivity contribution in [3.05, 3.63) is 33.3 Å². The molecule has 0 radical (unpaired) electrons. The maximum absolute atomic E-state index is 11.6. The highest BCUT2D eigenvalue weighted by molar-refractivity contribution is 9.10. The van der Waals surface area contributed by atoms with Crippen LogP contribution in [-0.4, -0.2) is 11.9 Å². The molecular formula is C10H8BrClN2O. The van der Waals surface area contributed by atoms with Crippen molar-refractivity contribution < 1.29 is 4.79 Å². The van der Waals surface area contributed by atoms with Gasteiger partial charge in [-0.2, -0.15) is 5.26 Å². The average Bonchev–Trinajstić information content (AvgIpc) is 2.21. The smallest absolute Gasteiger partial charge is 0.253 e. The molecule has 0 fully saturated rings. The molecule has 1 aromatic rings. The van der Waals surface area contributed by atoms with E-state index in [1.54, 1.807) is 25.1 Å². The number of carbonyl (C=O) groups excluding carboxylic acids is 1. The van der Waals surface area contributed by atoms with E-state index in [1.165, 1.54) is 0 Å². The first-order chi connectivity index (χ1) is 7.06. The fourth-order valence-corrected chi connectivity index (χ4v) is 1.56. The summed E-state index contributed by atoms with van der Waals surface area (Å²) in [5.41, 5.74) is 0.355. The van der Waals surface area contributed by atoms with Crippen molar-refractivity contribution in [2.24, 2.45) is 0 Å². The van der Waals surface area contributed by atoms with Crippen molar-refractivity contribution in [2.75, 3.05) is 0 Å². The largest absolute Gasteiger partial charge is 0.336 e. The summed E-state index contributed by atoms with van der Waals surface area (Å²) >= 11 is 9.14. The van der Waals surface area contributed by atoms with Gasteiger partial charge in [0.15, 0.2) is 0 Å². The third kappa shape index (κ3) is 2.95. The Hall–Kier alpha value is -1.05. The SMILES string of the molecule is CC(C#N)NC(=O)c1cccc(Br)c1Cl. The van der Waals surface area contributed by atoms with Crippen molar-refractivity contribution in [3.8, 4) is 6.07 Å². The fourth-order valence-electron chi connectivity index (χ4n) is 0.986. The number of nitrogens with zero attached hydrogens (tertiary/aromatic N) is 1. The monoisotopic (exact) mass is 286 g/mol. The molecule has 0 aliphatic rings. The molecule has 0 bridgehead atoms. The van der Waals surface area contributed by atoms with Gasteiger partial charge >= 0.3 is 0 Å². The molecular weight excluding hydrogens is 279 g/mol. The van der Waals surface area contributed by atoms with Crippen LogP contribution in [0, 0.1) is 11.3 Å². The molecule has 1 rings (SSSR count). The number of rotatable bonds is 2. The summed E-state index contributed by atoms with van der Waals surface area (Å²) < 4.78 is 0.654. The van der Waals surface area contributed by atoms with Gasteiger partial charge in [0.25, 0.3) is 5.91 Å². The Bertz CT molecular complexity index is 428. The molecule has 1 unspecified atom stereocenters. The van der Waals surface area contributed by atoms with Gasteiger partial charge in [-0.25, -0.2) is 0 Å². The van der Waals surface area contributed by atoms with E-state index >= 15 is 0 Å². The quantitative estimate of drug-likeness (QED) is 0.909. The first kappa shape index (κ1) is 12.0. The minimum atomic E-state index is -0.535. The Morgan fingerprint density at radius 1 is 1.67 bits per heavy atom. The van der Waals surface area contributed by atoms with Gasteiger partial charge in [0.05, 0.1) is 16.7 Å². The fraction of sp³-hybridized carbons (Fsp3) is 0.200. The van der Waals surface area contributed by atoms with Crippen LogP contribution in [-0.2, 0) is 0 Å². The predicted molar refractivity (Wildman–Crippen MR) is 61.7 cm³/mol. The lowest BCUT2D eigenvalue weighted by Gasteiger charge is -2.08. The van der Waals surface area contributed by atoms with Crippen LogP contribution < -0.4 is 5.32 Å². The summed E-state index contributed by atoms with van der Waals surface area (Å²) in [4.78, 5) is 11.6. The van der Waals surface area contributed by atoms with Crippen molar-refractivity contribution in [2.45, 2.75) is 13.0 Å². The van der Waals surface area contributed by atoms with E-state index in [9.17, 15) is 4.79 Å². The highest BCUT2D eigenvalue weighted by atomic mass is 79.9. The standard InChI is InChI=1S/C10H8BrClN2O/c1-6(5-13)14-10(15)7-3-2-4-8(11)9(7)12/h2-4,6H,1H3,(H,14,15). The highest BCUT2D eigenvalue weighted by Crippen LogP contribution is 2.25. The van der Waals surface area contributed by atoms with Gasteiger partial charge in [0, 0.05) is 4.47 Å². The second kappa shape index (κ2) is 5.15. The Balaban J connectivity index is 2.93. The second-order valence-corrected chi connectivity index (χ2v) is 4.16. The Labute approximate surface area is 101 Å². The molecule has 1 aromatic carbocycles. The molecule has 0 saturated heterocycles. The minimum Gasteiger partial charge on any atom is -0.336 e. The van der Waals surface area contributed by atoms with Crippen LogP contribution in [0.3, 0.4) is 0 Å². The number of carbonyl (C=O) groups is 1. The zero-order valence-corrected chi connectivity index (χ0v) is 10.3. The van der Waals surface area contributed by atoms with Crippen LogP contribution in [0.5, 0.6) is 0 Å². The van der Waals surface area contributed by atoms with Gasteiger partial charge in [-0.05, 0) is 35.0 Å². The summed E-state index contributed by atoms with van der Waals surface area (Å²) in [5.74, 6) is -0.352. The molecule has 3 nitrogen and oxygen atoms in total. The highest BCUT2D eigenvalue weighted by Gasteiger charge is 2.13. The first-order valence-electron chi connectivity index (χ1n) is 4.20. The zero-order chi connectivity index (χ0) is 11.4. The zero-order valence-electron chi connectivity index (χ0n) is 7.92. The molecule has 5 heteroatoms. The van der Waals surface area contributed by atoms with E-state index in [0.29, 0.717) is 15.1 Å². The molecule has 0 aromatic heterocycles. The maximum atomic E-state index is 11.6. The lowest BCUT2D eigenvalue weighted by Crippen LogP contribution is -2.31. The summed E-state index contributed by atoms with van der Waals surface area (Å²) in [5, 5.41) is 11.4. The van der Waals surface area contributed by atoms with Gasteiger partial charge in [0.2, 0.25) is 0 Å². The number of amides is 1. The van der Waals surface area contributed by atoms with Crippen LogP contribution in [0.2, 0.25) is 5.02 Å². The summed E-state index contributed by atoms with van der Waals surface area (Å²) in [6.07, 6.45) is 0. The molecule has 0 heterocycles. The van der Waals surface area contributed by atoms with E-state index in [1.807, 2.05) is 6.07 Å². The van der Waals surface area contributed by atoms with Crippen LogP contribution >= 0.6 is 27.5 Å². The Morgan fingerprint density at radius 2 is 2.33 bits per heavy atom. The van der Waals surface area contributed by atoms with Crippen molar-refractivity contribution in [1.29, 1.82) is 5.26 Å². The van der Waals surface area contributed by atoms with Crippen LogP contribution in [0.4, 0.5) is 0 Å². The third-order valence-corrected chi connectivity index (χ3v) is 3.03. The van der Waals surface area contributed by atoms with E-state index in [0.717, 1.165) is 0 Å². The molecule has 78 valence electrons. The van der Waals surface area contributed by atoms with Gasteiger partial charge in [-0.15, -0.1) is 0 Å². The third-order valence-electron chi connectivity index (χ3n) is 1.74. The first-order valence-corrected chi connectivity index (χ1v) is 5.38. The van der Waals surface area contributed by atoms with Crippen molar-refractivity contribution in [1.82, 2.24) is 5.32 Å². The lowest BCUT2D eigenvalue weighted by molar-refractivity contribution is 0.0948. The van der Waals surface area contributed by atoms with Crippen LogP contribution in [0.25, 0.3) is 0 Å². The second-order valence-electron chi connectivity index (χ2n) is 2.93. The van der Waals surface area contributed by atoms with Gasteiger partial charge < -0.3 is 5.32 Å². The van der Waals surface area contributed by atoms with E-state index in [-0.39, 0.29) is 5.91 Å². The number of hydrogen-bond donors (Lipinski definition) is 1. The van der Waals surface area contributed by atoms with E-state index in [4.69, 9.17) is 16.9 Å². The number of hydrogen-bond acceptors (Lipinski definition) is 2. The molecule has 1 atom stereocenters. The van der Waals surface area contributed by atoms with Crippen molar-refractivity contribution >= 4 is 33.4 Å². The number of nitrogens with one attached hydrogen (secondary N) is 1. The summed E-state index contributed by atoms with van der Waals surface area (Å²) in [6.45, 7) is 1.60. The molecule has 1 amide bonds. The van der Waals surface area contributed by atoms with Gasteiger partial charge in [0.1, 0.15) is 6.04 Å².